The summed E-state index contributed by atoms with van der Waals surface area (Å²) in [7, 11) is 0. The Hall–Kier alpha value is -1.90. The maximum atomic E-state index is 12.0. The van der Waals surface area contributed by atoms with Crippen molar-refractivity contribution in [2.24, 2.45) is 0 Å². The van der Waals surface area contributed by atoms with E-state index in [4.69, 9.17) is 0 Å². The van der Waals surface area contributed by atoms with Crippen LogP contribution in [0.2, 0.25) is 0 Å². The molecule has 0 amide bonds. The lowest BCUT2D eigenvalue weighted by Gasteiger charge is -2.25. The molecule has 0 aliphatic heterocycles. The normalized spacial score (nSPS) is 16.4. The average Bonchev–Trinajstić information content (AvgIpc) is 2.79. The molecule has 1 heterocycles. The molecule has 3 rings (SSSR count). The summed E-state index contributed by atoms with van der Waals surface area (Å²) >= 11 is 0. The molecule has 0 bridgehead atoms. The second-order valence-electron chi connectivity index (χ2n) is 5.62. The van der Waals surface area contributed by atoms with E-state index in [1.54, 1.807) is 0 Å². The predicted molar refractivity (Wildman–Crippen MR) is 79.2 cm³/mol. The van der Waals surface area contributed by atoms with Crippen molar-refractivity contribution in [2.75, 3.05) is 0 Å². The monoisotopic (exact) mass is 269 g/mol. The first-order chi connectivity index (χ1) is 9.74. The van der Waals surface area contributed by atoms with Crippen LogP contribution in [-0.2, 0) is 4.79 Å². The number of benzene rings is 1. The van der Waals surface area contributed by atoms with Crippen molar-refractivity contribution in [2.45, 2.75) is 45.1 Å². The van der Waals surface area contributed by atoms with Crippen LogP contribution >= 0.6 is 0 Å². The van der Waals surface area contributed by atoms with Gasteiger partial charge in [-0.05, 0) is 25.8 Å². The smallest absolute Gasteiger partial charge is 0.227 e. The summed E-state index contributed by atoms with van der Waals surface area (Å²) in [5.74, 6) is -0.409. The number of aromatic nitrogens is 1. The number of fused-ring (bicyclic) bond motifs is 1. The zero-order valence-electron chi connectivity index (χ0n) is 11.8. The first-order valence-electron chi connectivity index (χ1n) is 7.33. The molecule has 3 heteroatoms. The fourth-order valence-corrected chi connectivity index (χ4v) is 3.57. The van der Waals surface area contributed by atoms with Gasteiger partial charge in [0.25, 0.3) is 0 Å². The third kappa shape index (κ3) is 1.98. The molecule has 0 saturated heterocycles. The van der Waals surface area contributed by atoms with Crippen LogP contribution < -0.4 is 0 Å². The molecule has 3 nitrogen and oxygen atoms in total. The van der Waals surface area contributed by atoms with E-state index >= 15 is 0 Å². The molecule has 0 atom stereocenters. The zero-order valence-corrected chi connectivity index (χ0v) is 11.8. The molecule has 1 aliphatic carbocycles. The van der Waals surface area contributed by atoms with Crippen molar-refractivity contribution in [3.05, 3.63) is 35.5 Å². The van der Waals surface area contributed by atoms with Crippen molar-refractivity contribution in [1.82, 2.24) is 4.57 Å². The van der Waals surface area contributed by atoms with Gasteiger partial charge in [-0.25, -0.2) is 0 Å². The van der Waals surface area contributed by atoms with Gasteiger partial charge in [0.15, 0.2) is 6.29 Å². The lowest BCUT2D eigenvalue weighted by Crippen LogP contribution is -2.14. The Kier molecular flexibility index (Phi) is 3.43. The molecule has 0 N–H and O–H groups in total. The van der Waals surface area contributed by atoms with Crippen LogP contribution in [0.25, 0.3) is 10.9 Å². The average molecular weight is 269 g/mol. The minimum Gasteiger partial charge on any atom is -0.341 e. The van der Waals surface area contributed by atoms with Crippen molar-refractivity contribution in [3.8, 4) is 0 Å². The van der Waals surface area contributed by atoms with Gasteiger partial charge in [-0.2, -0.15) is 0 Å². The summed E-state index contributed by atoms with van der Waals surface area (Å²) in [6, 6.07) is 8.38. The van der Waals surface area contributed by atoms with Crippen molar-refractivity contribution < 1.29 is 9.59 Å². The number of aldehydes is 1. The molecule has 104 valence electrons. The Morgan fingerprint density at radius 3 is 2.60 bits per heavy atom. The molecule has 0 radical (unpaired) electrons. The number of hydrogen-bond donors (Lipinski definition) is 0. The maximum Gasteiger partial charge on any atom is 0.227 e. The molecule has 1 aromatic heterocycles. The van der Waals surface area contributed by atoms with E-state index < -0.39 is 5.78 Å². The summed E-state index contributed by atoms with van der Waals surface area (Å²) in [6.07, 6.45) is 6.54. The molecule has 0 unspecified atom stereocenters. The Balaban J connectivity index is 2.23. The number of carbonyl (C=O) groups is 2. The quantitative estimate of drug-likeness (QED) is 0.482. The third-order valence-electron chi connectivity index (χ3n) is 4.45. The third-order valence-corrected chi connectivity index (χ3v) is 4.45. The molecule has 1 saturated carbocycles. The fraction of sp³-hybridized carbons (Fsp3) is 0.412. The lowest BCUT2D eigenvalue weighted by atomic mass is 9.95. The van der Waals surface area contributed by atoms with Crippen LogP contribution in [0, 0.1) is 6.92 Å². The van der Waals surface area contributed by atoms with E-state index in [2.05, 4.69) is 10.6 Å². The van der Waals surface area contributed by atoms with Crippen molar-refractivity contribution >= 4 is 23.0 Å². The number of hydrogen-bond acceptors (Lipinski definition) is 2. The molecule has 1 fully saturated rings. The number of rotatable bonds is 3. The van der Waals surface area contributed by atoms with Gasteiger partial charge in [0.05, 0.1) is 5.56 Å². The van der Waals surface area contributed by atoms with Gasteiger partial charge in [0.1, 0.15) is 0 Å². The first-order valence-corrected chi connectivity index (χ1v) is 7.33. The highest BCUT2D eigenvalue weighted by Crippen LogP contribution is 2.35. The van der Waals surface area contributed by atoms with Gasteiger partial charge in [0.2, 0.25) is 5.78 Å². The zero-order chi connectivity index (χ0) is 14.1. The first kappa shape index (κ1) is 13.1. The van der Waals surface area contributed by atoms with Crippen LogP contribution in [0.1, 0.15) is 54.2 Å². The van der Waals surface area contributed by atoms with Gasteiger partial charge < -0.3 is 4.57 Å². The molecular formula is C17H19NO2. The van der Waals surface area contributed by atoms with E-state index in [0.717, 1.165) is 29.4 Å². The minimum absolute atomic E-state index is 0.409. The highest BCUT2D eigenvalue weighted by Gasteiger charge is 2.24. The van der Waals surface area contributed by atoms with Crippen LogP contribution in [0.5, 0.6) is 0 Å². The fourth-order valence-electron chi connectivity index (χ4n) is 3.57. The van der Waals surface area contributed by atoms with E-state index in [1.165, 1.54) is 19.3 Å². The Labute approximate surface area is 118 Å². The number of nitrogens with zero attached hydrogens (tertiary/aromatic N) is 1. The van der Waals surface area contributed by atoms with E-state index in [0.29, 0.717) is 17.9 Å². The van der Waals surface area contributed by atoms with Gasteiger partial charge in [0, 0.05) is 22.6 Å². The minimum atomic E-state index is -0.409. The summed E-state index contributed by atoms with van der Waals surface area (Å²) in [6.45, 7) is 1.96. The molecular weight excluding hydrogens is 250 g/mol. The van der Waals surface area contributed by atoms with Crippen molar-refractivity contribution in [3.63, 3.8) is 0 Å². The second kappa shape index (κ2) is 5.23. The molecule has 20 heavy (non-hydrogen) atoms. The summed E-state index contributed by atoms with van der Waals surface area (Å²) < 4.78 is 2.28. The Morgan fingerprint density at radius 2 is 1.90 bits per heavy atom. The van der Waals surface area contributed by atoms with E-state index in [9.17, 15) is 9.59 Å². The Morgan fingerprint density at radius 1 is 1.20 bits per heavy atom. The summed E-state index contributed by atoms with van der Waals surface area (Å²) in [5.41, 5.74) is 2.61. The highest BCUT2D eigenvalue weighted by atomic mass is 16.2. The largest absolute Gasteiger partial charge is 0.341 e. The standard InChI is InChI=1S/C17H19NO2/c1-12-17(16(20)11-19)14-9-5-6-10-15(14)18(12)13-7-3-2-4-8-13/h5-6,9-11,13H,2-4,7-8H2,1H3. The number of Topliss-reactive ketones (excluding diaryl/α,β-unsaturated/α-hetero) is 1. The summed E-state index contributed by atoms with van der Waals surface area (Å²) in [5, 5.41) is 0.910. The number of carbonyl (C=O) groups excluding carboxylic acids is 2. The van der Waals surface area contributed by atoms with Crippen LogP contribution in [0.15, 0.2) is 24.3 Å². The summed E-state index contributed by atoms with van der Waals surface area (Å²) in [4.78, 5) is 22.9. The number of ketones is 1. The lowest BCUT2D eigenvalue weighted by molar-refractivity contribution is -0.104. The Bertz CT molecular complexity index is 663. The topological polar surface area (TPSA) is 39.1 Å². The van der Waals surface area contributed by atoms with Crippen LogP contribution in [0.4, 0.5) is 0 Å². The van der Waals surface area contributed by atoms with Gasteiger partial charge >= 0.3 is 0 Å². The molecule has 0 spiro atoms. The maximum absolute atomic E-state index is 12.0. The van der Waals surface area contributed by atoms with E-state index in [1.807, 2.05) is 25.1 Å². The van der Waals surface area contributed by atoms with Crippen LogP contribution in [0.3, 0.4) is 0 Å². The second-order valence-corrected chi connectivity index (χ2v) is 5.62. The molecule has 1 aromatic carbocycles. The van der Waals surface area contributed by atoms with Crippen LogP contribution in [-0.4, -0.2) is 16.6 Å². The van der Waals surface area contributed by atoms with Gasteiger partial charge in [-0.3, -0.25) is 9.59 Å². The molecule has 1 aliphatic rings. The number of para-hydroxylation sites is 1. The SMILES string of the molecule is Cc1c(C(=O)C=O)c2ccccc2n1C1CCCCC1. The van der Waals surface area contributed by atoms with Crippen molar-refractivity contribution in [1.29, 1.82) is 0 Å². The van der Waals surface area contributed by atoms with Gasteiger partial charge in [-0.1, -0.05) is 37.5 Å². The van der Waals surface area contributed by atoms with Gasteiger partial charge in [-0.15, -0.1) is 0 Å². The highest BCUT2D eigenvalue weighted by molar-refractivity contribution is 6.36. The predicted octanol–water partition coefficient (Wildman–Crippen LogP) is 3.84. The van der Waals surface area contributed by atoms with E-state index in [-0.39, 0.29) is 0 Å². The molecule has 2 aromatic rings.